The first-order chi connectivity index (χ1) is 13.5. The predicted octanol–water partition coefficient (Wildman–Crippen LogP) is 3.92. The highest BCUT2D eigenvalue weighted by molar-refractivity contribution is 5.99. The van der Waals surface area contributed by atoms with E-state index in [0.29, 0.717) is 0 Å². The number of hydrogen-bond acceptors (Lipinski definition) is 6. The number of fused-ring (bicyclic) bond motifs is 2. The van der Waals surface area contributed by atoms with Crippen LogP contribution in [-0.2, 0) is 11.8 Å². The van der Waals surface area contributed by atoms with E-state index in [2.05, 4.69) is 6.58 Å². The summed E-state index contributed by atoms with van der Waals surface area (Å²) >= 11 is 0. The third kappa shape index (κ3) is 3.37. The lowest BCUT2D eigenvalue weighted by Gasteiger charge is -2.25. The molecule has 0 aliphatic rings. The average Bonchev–Trinajstić information content (AvgIpc) is 2.64. The molecule has 0 saturated carbocycles. The summed E-state index contributed by atoms with van der Waals surface area (Å²) in [5.74, 6) is -1.61. The van der Waals surface area contributed by atoms with Gasteiger partial charge < -0.3 is 30.3 Å². The Bertz CT molecular complexity index is 1240. The van der Waals surface area contributed by atoms with Crippen molar-refractivity contribution in [2.75, 3.05) is 0 Å². The van der Waals surface area contributed by atoms with Gasteiger partial charge in [-0.05, 0) is 32.4 Å². The van der Waals surface area contributed by atoms with Crippen LogP contribution in [-0.4, -0.2) is 25.9 Å². The molecular weight excluding hydrogens is 388 g/mol. The Morgan fingerprint density at radius 1 is 1.07 bits per heavy atom. The largest absolute Gasteiger partial charge is 0.507 e. The summed E-state index contributed by atoms with van der Waals surface area (Å²) in [5, 5.41) is 41.8. The van der Waals surface area contributed by atoms with Crippen LogP contribution >= 0.6 is 0 Å². The summed E-state index contributed by atoms with van der Waals surface area (Å²) in [7, 11) is 0. The van der Waals surface area contributed by atoms with E-state index < -0.39 is 22.3 Å². The molecule has 2 aromatic carbocycles. The maximum absolute atomic E-state index is 13.2. The van der Waals surface area contributed by atoms with E-state index in [1.807, 2.05) is 19.9 Å². The van der Waals surface area contributed by atoms with Crippen molar-refractivity contribution in [1.29, 1.82) is 0 Å². The zero-order valence-electron chi connectivity index (χ0n) is 17.3. The van der Waals surface area contributed by atoms with Crippen molar-refractivity contribution in [1.82, 2.24) is 0 Å². The first-order valence-electron chi connectivity index (χ1n) is 9.16. The average molecular weight is 414 g/mol. The maximum Gasteiger partial charge on any atom is 0.204 e. The third-order valence-electron chi connectivity index (χ3n) is 5.15. The molecule has 1 heterocycles. The zero-order chi connectivity index (χ0) is 21.7. The Labute approximate surface area is 173 Å². The minimum atomic E-state index is -0.828. The molecule has 0 radical (unpaired) electrons. The fraction of sp³-hybridized carbons (Fsp3) is 0.261. The summed E-state index contributed by atoms with van der Waals surface area (Å²) in [5.41, 5.74) is -0.236. The summed E-state index contributed by atoms with van der Waals surface area (Å²) in [6.07, 6.45) is 3.64. The fourth-order valence-electron chi connectivity index (χ4n) is 3.35. The SMILES string of the molecule is C=CC(C)(C)c1c(O)c(CC=C(C)C)c(O)c2c(=O)c3ccc(O)c(O)c3oc12.O. The molecule has 7 nitrogen and oxygen atoms in total. The second-order valence-electron chi connectivity index (χ2n) is 7.91. The van der Waals surface area contributed by atoms with Crippen LogP contribution in [0.1, 0.15) is 38.8 Å². The normalized spacial score (nSPS) is 11.3. The minimum absolute atomic E-state index is 0. The number of phenolic OH excluding ortho intramolecular Hbond substituents is 4. The van der Waals surface area contributed by atoms with Crippen molar-refractivity contribution in [3.05, 3.63) is 57.8 Å². The predicted molar refractivity (Wildman–Crippen MR) is 117 cm³/mol. The van der Waals surface area contributed by atoms with Crippen LogP contribution < -0.4 is 5.43 Å². The molecule has 3 aromatic rings. The van der Waals surface area contributed by atoms with Crippen molar-refractivity contribution in [3.8, 4) is 23.0 Å². The van der Waals surface area contributed by atoms with Gasteiger partial charge in [0.25, 0.3) is 0 Å². The second-order valence-corrected chi connectivity index (χ2v) is 7.91. The van der Waals surface area contributed by atoms with E-state index in [1.165, 1.54) is 12.1 Å². The van der Waals surface area contributed by atoms with Gasteiger partial charge in [0, 0.05) is 16.5 Å². The van der Waals surface area contributed by atoms with Gasteiger partial charge >= 0.3 is 0 Å². The van der Waals surface area contributed by atoms with E-state index >= 15 is 0 Å². The Hall–Kier alpha value is -3.45. The fourth-order valence-corrected chi connectivity index (χ4v) is 3.35. The van der Waals surface area contributed by atoms with Gasteiger partial charge in [0.15, 0.2) is 11.3 Å². The van der Waals surface area contributed by atoms with Gasteiger partial charge in [-0.15, -0.1) is 6.58 Å². The van der Waals surface area contributed by atoms with E-state index in [4.69, 9.17) is 4.42 Å². The standard InChI is InChI=1S/C23H24O6.H2O/c1-6-23(4,5)16-19(27)12(8-7-11(2)3)17(25)15-18(26)13-9-10-14(24)20(28)21(13)29-22(15)16;/h6-7,9-10,24-25,27-28H,1,8H2,2-5H3;1H2. The highest BCUT2D eigenvalue weighted by atomic mass is 16.4. The number of aromatic hydroxyl groups is 4. The molecule has 0 fully saturated rings. The lowest BCUT2D eigenvalue weighted by atomic mass is 9.81. The van der Waals surface area contributed by atoms with Gasteiger partial charge in [-0.1, -0.05) is 31.6 Å². The van der Waals surface area contributed by atoms with Gasteiger partial charge in [0.1, 0.15) is 22.5 Å². The summed E-state index contributed by atoms with van der Waals surface area (Å²) in [6, 6.07) is 2.49. The molecule has 160 valence electrons. The maximum atomic E-state index is 13.2. The molecule has 0 aliphatic carbocycles. The van der Waals surface area contributed by atoms with Crippen molar-refractivity contribution >= 4 is 21.9 Å². The van der Waals surface area contributed by atoms with E-state index in [1.54, 1.807) is 19.9 Å². The third-order valence-corrected chi connectivity index (χ3v) is 5.15. The number of phenols is 4. The van der Waals surface area contributed by atoms with Crippen molar-refractivity contribution in [2.24, 2.45) is 0 Å². The quantitative estimate of drug-likeness (QED) is 0.289. The number of benzene rings is 2. The van der Waals surface area contributed by atoms with Crippen LogP contribution in [0, 0.1) is 0 Å². The molecule has 0 atom stereocenters. The molecule has 6 N–H and O–H groups in total. The lowest BCUT2D eigenvalue weighted by Crippen LogP contribution is -2.17. The van der Waals surface area contributed by atoms with Crippen LogP contribution in [0.4, 0.5) is 0 Å². The Morgan fingerprint density at radius 2 is 1.70 bits per heavy atom. The Kier molecular flexibility index (Phi) is 5.91. The number of hydrogen-bond donors (Lipinski definition) is 4. The zero-order valence-corrected chi connectivity index (χ0v) is 17.3. The molecule has 3 rings (SSSR count). The van der Waals surface area contributed by atoms with Crippen LogP contribution in [0.15, 0.2) is 45.6 Å². The Morgan fingerprint density at radius 3 is 2.27 bits per heavy atom. The summed E-state index contributed by atoms with van der Waals surface area (Å²) in [6.45, 7) is 11.1. The second kappa shape index (κ2) is 7.76. The topological polar surface area (TPSA) is 143 Å². The molecule has 0 saturated heterocycles. The first-order valence-corrected chi connectivity index (χ1v) is 9.16. The summed E-state index contributed by atoms with van der Waals surface area (Å²) < 4.78 is 5.81. The molecule has 0 aliphatic heterocycles. The highest BCUT2D eigenvalue weighted by Gasteiger charge is 2.31. The van der Waals surface area contributed by atoms with Crippen LogP contribution in [0.3, 0.4) is 0 Å². The molecule has 7 heteroatoms. The minimum Gasteiger partial charge on any atom is -0.507 e. The van der Waals surface area contributed by atoms with Gasteiger partial charge in [-0.3, -0.25) is 4.79 Å². The van der Waals surface area contributed by atoms with Gasteiger partial charge in [0.05, 0.1) is 5.39 Å². The van der Waals surface area contributed by atoms with E-state index in [-0.39, 0.29) is 56.5 Å². The van der Waals surface area contributed by atoms with Crippen LogP contribution in [0.2, 0.25) is 0 Å². The highest BCUT2D eigenvalue weighted by Crippen LogP contribution is 2.46. The van der Waals surface area contributed by atoms with Crippen molar-refractivity contribution in [3.63, 3.8) is 0 Å². The molecule has 0 spiro atoms. The molecular formula is C23H26O7. The molecule has 0 amide bonds. The Balaban J connectivity index is 0.00000320. The molecule has 30 heavy (non-hydrogen) atoms. The van der Waals surface area contributed by atoms with Gasteiger partial charge in [0.2, 0.25) is 11.2 Å². The van der Waals surface area contributed by atoms with Crippen LogP contribution in [0.5, 0.6) is 23.0 Å². The smallest absolute Gasteiger partial charge is 0.204 e. The van der Waals surface area contributed by atoms with E-state index in [0.717, 1.165) is 5.57 Å². The van der Waals surface area contributed by atoms with Gasteiger partial charge in [-0.2, -0.15) is 0 Å². The first kappa shape index (κ1) is 22.8. The van der Waals surface area contributed by atoms with Crippen LogP contribution in [0.25, 0.3) is 21.9 Å². The molecule has 1 aromatic heterocycles. The number of allylic oxidation sites excluding steroid dienone is 3. The monoisotopic (exact) mass is 414 g/mol. The molecule has 0 unspecified atom stereocenters. The van der Waals surface area contributed by atoms with E-state index in [9.17, 15) is 25.2 Å². The summed E-state index contributed by atoms with van der Waals surface area (Å²) in [4.78, 5) is 13.2. The van der Waals surface area contributed by atoms with Crippen molar-refractivity contribution in [2.45, 2.75) is 39.5 Å². The lowest BCUT2D eigenvalue weighted by molar-refractivity contribution is 0.400. The van der Waals surface area contributed by atoms with Crippen molar-refractivity contribution < 1.29 is 30.3 Å². The van der Waals surface area contributed by atoms with Gasteiger partial charge in [-0.25, -0.2) is 0 Å². The number of rotatable bonds is 4. The molecule has 0 bridgehead atoms.